The first-order chi connectivity index (χ1) is 8.27. The molecule has 1 rings (SSSR count). The summed E-state index contributed by atoms with van der Waals surface area (Å²) in [5.74, 6) is 1.82. The average Bonchev–Trinajstić information content (AvgIpc) is 2.86. The molecule has 0 bridgehead atoms. The van der Waals surface area contributed by atoms with E-state index in [4.69, 9.17) is 0 Å². The van der Waals surface area contributed by atoms with Crippen LogP contribution in [0.5, 0.6) is 0 Å². The van der Waals surface area contributed by atoms with Crippen LogP contribution in [0.2, 0.25) is 0 Å². The predicted molar refractivity (Wildman–Crippen MR) is 77.3 cm³/mol. The van der Waals surface area contributed by atoms with Crippen LogP contribution in [0.3, 0.4) is 0 Å². The Balaban J connectivity index is 2.43. The van der Waals surface area contributed by atoms with Gasteiger partial charge < -0.3 is 5.23 Å². The summed E-state index contributed by atoms with van der Waals surface area (Å²) in [7, 11) is 0.580. The van der Waals surface area contributed by atoms with Gasteiger partial charge in [-0.3, -0.25) is 10.1 Å². The van der Waals surface area contributed by atoms with Gasteiger partial charge in [0.05, 0.1) is 6.04 Å². The molecule has 0 aromatic rings. The lowest BCUT2D eigenvalue weighted by molar-refractivity contribution is -0.120. The van der Waals surface area contributed by atoms with Gasteiger partial charge in [-0.05, 0) is 13.8 Å². The van der Waals surface area contributed by atoms with Gasteiger partial charge in [-0.15, -0.1) is 11.8 Å². The van der Waals surface area contributed by atoms with Crippen molar-refractivity contribution in [3.63, 3.8) is 0 Å². The van der Waals surface area contributed by atoms with E-state index in [0.717, 1.165) is 17.1 Å². The summed E-state index contributed by atoms with van der Waals surface area (Å²) in [6.07, 6.45) is 9.95. The van der Waals surface area contributed by atoms with E-state index in [2.05, 4.69) is 10.5 Å². The molecule has 0 aliphatic carbocycles. The molecule has 1 saturated heterocycles. The Bertz CT molecular complexity index is 333. The van der Waals surface area contributed by atoms with Gasteiger partial charge in [0.1, 0.15) is 0 Å². The minimum Gasteiger partial charge on any atom is -0.396 e. The zero-order valence-corrected chi connectivity index (χ0v) is 11.2. The Kier molecular flexibility index (Phi) is 6.81. The zero-order valence-electron chi connectivity index (χ0n) is 10.4. The second-order valence-electron chi connectivity index (χ2n) is 3.76. The molecule has 1 fully saturated rings. The van der Waals surface area contributed by atoms with E-state index in [1.807, 2.05) is 44.2 Å². The third kappa shape index (κ3) is 5.28. The Morgan fingerprint density at radius 3 is 2.88 bits per heavy atom. The Morgan fingerprint density at radius 2 is 2.29 bits per heavy atom. The van der Waals surface area contributed by atoms with Gasteiger partial charge in [0.15, 0.2) is 0 Å². The van der Waals surface area contributed by atoms with Crippen molar-refractivity contribution in [2.75, 3.05) is 11.6 Å². The van der Waals surface area contributed by atoms with Crippen molar-refractivity contribution >= 4 is 25.1 Å². The molecule has 1 aliphatic heterocycles. The highest BCUT2D eigenvalue weighted by molar-refractivity contribution is 7.99. The van der Waals surface area contributed by atoms with Crippen molar-refractivity contribution in [1.29, 1.82) is 0 Å². The molecule has 0 aromatic carbocycles. The quantitative estimate of drug-likeness (QED) is 0.568. The van der Waals surface area contributed by atoms with E-state index in [1.165, 1.54) is 0 Å². The van der Waals surface area contributed by atoms with E-state index in [0.29, 0.717) is 7.41 Å². The normalized spacial score (nSPS) is 21.3. The van der Waals surface area contributed by atoms with Crippen molar-refractivity contribution in [3.8, 4) is 0 Å². The van der Waals surface area contributed by atoms with Gasteiger partial charge in [0.25, 0.3) is 7.41 Å². The van der Waals surface area contributed by atoms with Crippen LogP contribution in [0, 0.1) is 0 Å². The molecule has 17 heavy (non-hydrogen) atoms. The Labute approximate surface area is 108 Å². The van der Waals surface area contributed by atoms with E-state index >= 15 is 0 Å². The molecule has 0 saturated carbocycles. The van der Waals surface area contributed by atoms with Crippen LogP contribution in [0.4, 0.5) is 0 Å². The zero-order chi connectivity index (χ0) is 12.5. The average molecular weight is 250 g/mol. The highest BCUT2D eigenvalue weighted by Gasteiger charge is 2.21. The maximum atomic E-state index is 11.8. The lowest BCUT2D eigenvalue weighted by Crippen LogP contribution is -2.43. The summed E-state index contributed by atoms with van der Waals surface area (Å²) in [5, 5.41) is 6.10. The third-order valence-electron chi connectivity index (χ3n) is 2.38. The molecule has 0 radical (unpaired) electrons. The number of amides is 1. The van der Waals surface area contributed by atoms with Crippen LogP contribution in [-0.2, 0) is 4.79 Å². The number of hydrogen-bond acceptors (Lipinski definition) is 3. The highest BCUT2D eigenvalue weighted by Crippen LogP contribution is 2.09. The molecule has 1 heterocycles. The maximum Gasteiger partial charge on any atom is 0.269 e. The Morgan fingerprint density at radius 1 is 1.47 bits per heavy atom. The summed E-state index contributed by atoms with van der Waals surface area (Å²) in [5.41, 5.74) is 1.10. The Hall–Kier alpha value is -0.935. The van der Waals surface area contributed by atoms with Crippen LogP contribution in [-0.4, -0.2) is 31.0 Å². The molecule has 1 amide bonds. The largest absolute Gasteiger partial charge is 0.396 e. The molecule has 1 atom stereocenters. The summed E-state index contributed by atoms with van der Waals surface area (Å²) in [6.45, 7) is 3.95. The SMILES string of the molecule is C\C=C/C=C(BNC(=O)C1CSCN1)\C=C/C. The second-order valence-corrected chi connectivity index (χ2v) is 4.79. The monoisotopic (exact) mass is 250 g/mol. The molecule has 1 aliphatic rings. The van der Waals surface area contributed by atoms with Crippen LogP contribution in [0.25, 0.3) is 0 Å². The van der Waals surface area contributed by atoms with Crippen molar-refractivity contribution in [3.05, 3.63) is 35.9 Å². The summed E-state index contributed by atoms with van der Waals surface area (Å²) >= 11 is 1.76. The number of thioether (sulfide) groups is 1. The van der Waals surface area contributed by atoms with E-state index < -0.39 is 0 Å². The fraction of sp³-hybridized carbons (Fsp3) is 0.417. The van der Waals surface area contributed by atoms with Gasteiger partial charge in [0.2, 0.25) is 5.91 Å². The van der Waals surface area contributed by atoms with Gasteiger partial charge >= 0.3 is 0 Å². The fourth-order valence-electron chi connectivity index (χ4n) is 1.48. The van der Waals surface area contributed by atoms with E-state index in [9.17, 15) is 4.79 Å². The molecule has 5 heteroatoms. The number of rotatable bonds is 5. The number of carbonyl (C=O) groups is 1. The van der Waals surface area contributed by atoms with Gasteiger partial charge in [0, 0.05) is 11.6 Å². The smallest absolute Gasteiger partial charge is 0.269 e. The molecule has 2 N–H and O–H groups in total. The number of carbonyl (C=O) groups excluding carboxylic acids is 1. The summed E-state index contributed by atoms with van der Waals surface area (Å²) < 4.78 is 0. The van der Waals surface area contributed by atoms with Crippen molar-refractivity contribution in [1.82, 2.24) is 10.5 Å². The van der Waals surface area contributed by atoms with Crippen LogP contribution >= 0.6 is 11.8 Å². The standard InChI is InChI=1S/C12H19BN2OS/c1-3-5-7-10(6-4-2)13-15-12(16)11-8-17-9-14-11/h3-7,11,13-14H,8-9H2,1-2H3,(H,15,16)/b5-3-,6-4-,10-7+. The van der Waals surface area contributed by atoms with Gasteiger partial charge in [-0.25, -0.2) is 0 Å². The van der Waals surface area contributed by atoms with Crippen molar-refractivity contribution in [2.24, 2.45) is 0 Å². The third-order valence-corrected chi connectivity index (χ3v) is 3.32. The maximum absolute atomic E-state index is 11.8. The molecule has 1 unspecified atom stereocenters. The molecule has 0 spiro atoms. The van der Waals surface area contributed by atoms with Crippen molar-refractivity contribution < 1.29 is 4.79 Å². The van der Waals surface area contributed by atoms with E-state index in [-0.39, 0.29) is 11.9 Å². The lowest BCUT2D eigenvalue weighted by atomic mass is 9.81. The van der Waals surface area contributed by atoms with Crippen molar-refractivity contribution in [2.45, 2.75) is 19.9 Å². The molecule has 0 aromatic heterocycles. The highest BCUT2D eigenvalue weighted by atomic mass is 32.2. The van der Waals surface area contributed by atoms with Gasteiger partial charge in [-0.2, -0.15) is 0 Å². The number of nitrogens with one attached hydrogen (secondary N) is 2. The van der Waals surface area contributed by atoms with Crippen LogP contribution in [0.1, 0.15) is 13.8 Å². The molecular weight excluding hydrogens is 231 g/mol. The first-order valence-electron chi connectivity index (χ1n) is 5.81. The summed E-state index contributed by atoms with van der Waals surface area (Å²) in [6, 6.07) is -0.0337. The first-order valence-corrected chi connectivity index (χ1v) is 6.96. The minimum absolute atomic E-state index is 0.0337. The fourth-order valence-corrected chi connectivity index (χ4v) is 2.43. The first kappa shape index (κ1) is 14.1. The van der Waals surface area contributed by atoms with E-state index in [1.54, 1.807) is 11.8 Å². The molecular formula is C12H19BN2OS. The van der Waals surface area contributed by atoms with Gasteiger partial charge in [-0.1, -0.05) is 35.9 Å². The van der Waals surface area contributed by atoms with Crippen LogP contribution in [0.15, 0.2) is 35.9 Å². The minimum atomic E-state index is -0.0337. The summed E-state index contributed by atoms with van der Waals surface area (Å²) in [4.78, 5) is 11.8. The second kappa shape index (κ2) is 8.20. The number of hydrogen-bond donors (Lipinski definition) is 2. The van der Waals surface area contributed by atoms with Crippen LogP contribution < -0.4 is 10.5 Å². The lowest BCUT2D eigenvalue weighted by Gasteiger charge is -2.09. The topological polar surface area (TPSA) is 41.1 Å². The number of allylic oxidation sites excluding steroid dienone is 6. The predicted octanol–water partition coefficient (Wildman–Crippen LogP) is 1.15. The molecule has 3 nitrogen and oxygen atoms in total. The molecule has 92 valence electrons.